The Bertz CT molecular complexity index is 199. The van der Waals surface area contributed by atoms with E-state index in [1.54, 1.807) is 0 Å². The fourth-order valence-electron chi connectivity index (χ4n) is 0.657. The second-order valence-corrected chi connectivity index (χ2v) is 2.24. The van der Waals surface area contributed by atoms with Crippen molar-refractivity contribution in [2.24, 2.45) is 0 Å². The Morgan fingerprint density at radius 1 is 1.40 bits per heavy atom. The molecule has 0 bridgehead atoms. The molecule has 3 nitrogen and oxygen atoms in total. The lowest BCUT2D eigenvalue weighted by Crippen LogP contribution is -1.80. The first-order chi connectivity index (χ1) is 4.86. The zero-order valence-corrected chi connectivity index (χ0v) is 6.56. The van der Waals surface area contributed by atoms with Crippen LogP contribution in [0.4, 0.5) is 0 Å². The Hall–Kier alpha value is -0.570. The third-order valence-electron chi connectivity index (χ3n) is 1.09. The second kappa shape index (κ2) is 3.56. The van der Waals surface area contributed by atoms with Crippen LogP contribution in [0.3, 0.4) is 0 Å². The summed E-state index contributed by atoms with van der Waals surface area (Å²) in [6, 6.07) is 0. The molecular formula is C6H9ClN2O. The zero-order chi connectivity index (χ0) is 7.40. The van der Waals surface area contributed by atoms with Crippen LogP contribution in [0.15, 0.2) is 4.42 Å². The number of halogens is 1. The predicted octanol–water partition coefficient (Wildman–Crippen LogP) is 1.76. The van der Waals surface area contributed by atoms with Crippen LogP contribution in [-0.4, -0.2) is 10.2 Å². The number of alkyl halides is 1. The van der Waals surface area contributed by atoms with Gasteiger partial charge in [0.05, 0.1) is 0 Å². The van der Waals surface area contributed by atoms with Crippen LogP contribution in [0.5, 0.6) is 0 Å². The average molecular weight is 161 g/mol. The largest absolute Gasteiger partial charge is 0.424 e. The van der Waals surface area contributed by atoms with Gasteiger partial charge >= 0.3 is 0 Å². The van der Waals surface area contributed by atoms with Crippen LogP contribution in [0.25, 0.3) is 0 Å². The molecule has 0 amide bonds. The average Bonchev–Trinajstić information content (AvgIpc) is 2.37. The second-order valence-electron chi connectivity index (χ2n) is 1.97. The molecule has 1 rings (SSSR count). The minimum Gasteiger partial charge on any atom is -0.424 e. The molecule has 0 aromatic carbocycles. The molecule has 0 saturated carbocycles. The summed E-state index contributed by atoms with van der Waals surface area (Å²) < 4.78 is 5.12. The number of rotatable bonds is 3. The fourth-order valence-corrected chi connectivity index (χ4v) is 0.765. The minimum absolute atomic E-state index is 0.302. The maximum Gasteiger partial charge on any atom is 0.231 e. The van der Waals surface area contributed by atoms with E-state index in [4.69, 9.17) is 16.0 Å². The Labute approximate surface area is 64.4 Å². The van der Waals surface area contributed by atoms with Crippen LogP contribution in [0.2, 0.25) is 0 Å². The third kappa shape index (κ3) is 1.70. The van der Waals surface area contributed by atoms with Gasteiger partial charge in [-0.05, 0) is 6.42 Å². The molecule has 0 unspecified atom stereocenters. The molecule has 0 radical (unpaired) electrons. The minimum atomic E-state index is 0.302. The van der Waals surface area contributed by atoms with Crippen molar-refractivity contribution in [3.05, 3.63) is 11.8 Å². The molecular weight excluding hydrogens is 152 g/mol. The van der Waals surface area contributed by atoms with E-state index < -0.39 is 0 Å². The van der Waals surface area contributed by atoms with Crippen molar-refractivity contribution in [3.63, 3.8) is 0 Å². The van der Waals surface area contributed by atoms with Gasteiger partial charge in [0.1, 0.15) is 5.88 Å². The number of hydrogen-bond donors (Lipinski definition) is 0. The van der Waals surface area contributed by atoms with E-state index in [0.29, 0.717) is 17.7 Å². The van der Waals surface area contributed by atoms with Crippen LogP contribution in [0.1, 0.15) is 25.1 Å². The normalized spacial score (nSPS) is 10.2. The Balaban J connectivity index is 2.59. The molecule has 0 aliphatic carbocycles. The molecule has 56 valence electrons. The summed E-state index contributed by atoms with van der Waals surface area (Å²) in [5.74, 6) is 1.49. The van der Waals surface area contributed by atoms with Crippen molar-refractivity contribution in [1.82, 2.24) is 10.2 Å². The summed E-state index contributed by atoms with van der Waals surface area (Å²) in [6.07, 6.45) is 1.85. The van der Waals surface area contributed by atoms with Gasteiger partial charge in [0.15, 0.2) is 0 Å². The highest BCUT2D eigenvalue weighted by Crippen LogP contribution is 2.03. The number of hydrogen-bond acceptors (Lipinski definition) is 3. The van der Waals surface area contributed by atoms with E-state index in [1.165, 1.54) is 0 Å². The Kier molecular flexibility index (Phi) is 2.68. The maximum atomic E-state index is 5.44. The van der Waals surface area contributed by atoms with Crippen molar-refractivity contribution in [3.8, 4) is 0 Å². The van der Waals surface area contributed by atoms with E-state index in [1.807, 2.05) is 0 Å². The van der Waals surface area contributed by atoms with Crippen LogP contribution < -0.4 is 0 Å². The maximum absolute atomic E-state index is 5.44. The molecule has 1 aromatic rings. The van der Waals surface area contributed by atoms with Gasteiger partial charge in [-0.2, -0.15) is 0 Å². The van der Waals surface area contributed by atoms with Crippen molar-refractivity contribution in [1.29, 1.82) is 0 Å². The van der Waals surface area contributed by atoms with Crippen LogP contribution >= 0.6 is 11.6 Å². The first-order valence-corrected chi connectivity index (χ1v) is 3.77. The van der Waals surface area contributed by atoms with E-state index >= 15 is 0 Å². The highest BCUT2D eigenvalue weighted by atomic mass is 35.5. The monoisotopic (exact) mass is 160 g/mol. The first-order valence-electron chi connectivity index (χ1n) is 3.24. The summed E-state index contributed by atoms with van der Waals surface area (Å²) >= 11 is 5.44. The van der Waals surface area contributed by atoms with Gasteiger partial charge in [0, 0.05) is 6.42 Å². The van der Waals surface area contributed by atoms with E-state index in [-0.39, 0.29) is 0 Å². The first kappa shape index (κ1) is 7.54. The van der Waals surface area contributed by atoms with Crippen LogP contribution in [0, 0.1) is 0 Å². The summed E-state index contributed by atoms with van der Waals surface area (Å²) in [4.78, 5) is 0. The summed E-state index contributed by atoms with van der Waals surface area (Å²) in [5.41, 5.74) is 0. The molecule has 0 aliphatic rings. The molecule has 0 spiro atoms. The lowest BCUT2D eigenvalue weighted by Gasteiger charge is -1.84. The van der Waals surface area contributed by atoms with Crippen molar-refractivity contribution >= 4 is 11.6 Å². The van der Waals surface area contributed by atoms with Crippen molar-refractivity contribution < 1.29 is 4.42 Å². The topological polar surface area (TPSA) is 38.9 Å². The lowest BCUT2D eigenvalue weighted by atomic mass is 10.3. The fraction of sp³-hybridized carbons (Fsp3) is 0.667. The smallest absolute Gasteiger partial charge is 0.231 e. The highest BCUT2D eigenvalue weighted by molar-refractivity contribution is 6.16. The number of aromatic nitrogens is 2. The molecule has 0 saturated heterocycles. The SMILES string of the molecule is CCCc1nnc(CCl)o1. The Morgan fingerprint density at radius 3 is 2.60 bits per heavy atom. The molecule has 0 fully saturated rings. The molecule has 0 N–H and O–H groups in total. The predicted molar refractivity (Wildman–Crippen MR) is 37.9 cm³/mol. The van der Waals surface area contributed by atoms with Gasteiger partial charge < -0.3 is 4.42 Å². The lowest BCUT2D eigenvalue weighted by molar-refractivity contribution is 0.461. The van der Waals surface area contributed by atoms with Crippen LogP contribution in [-0.2, 0) is 12.3 Å². The van der Waals surface area contributed by atoms with Crippen molar-refractivity contribution in [2.45, 2.75) is 25.6 Å². The van der Waals surface area contributed by atoms with Gasteiger partial charge in [0.2, 0.25) is 11.8 Å². The third-order valence-corrected chi connectivity index (χ3v) is 1.32. The summed E-state index contributed by atoms with van der Waals surface area (Å²) in [5, 5.41) is 7.48. The van der Waals surface area contributed by atoms with E-state index in [2.05, 4.69) is 17.1 Å². The van der Waals surface area contributed by atoms with E-state index in [0.717, 1.165) is 12.8 Å². The quantitative estimate of drug-likeness (QED) is 0.633. The van der Waals surface area contributed by atoms with E-state index in [9.17, 15) is 0 Å². The van der Waals surface area contributed by atoms with Gasteiger partial charge in [-0.1, -0.05) is 6.92 Å². The molecule has 0 atom stereocenters. The molecule has 1 heterocycles. The van der Waals surface area contributed by atoms with Gasteiger partial charge in [-0.15, -0.1) is 21.8 Å². The van der Waals surface area contributed by atoms with Gasteiger partial charge in [-0.3, -0.25) is 0 Å². The standard InChI is InChI=1S/C6H9ClN2O/c1-2-3-5-8-9-6(4-7)10-5/h2-4H2,1H3. The number of nitrogens with zero attached hydrogens (tertiary/aromatic N) is 2. The van der Waals surface area contributed by atoms with Gasteiger partial charge in [-0.25, -0.2) is 0 Å². The summed E-state index contributed by atoms with van der Waals surface area (Å²) in [7, 11) is 0. The van der Waals surface area contributed by atoms with Gasteiger partial charge in [0.25, 0.3) is 0 Å². The zero-order valence-electron chi connectivity index (χ0n) is 5.80. The summed E-state index contributed by atoms with van der Waals surface area (Å²) in [6.45, 7) is 2.06. The number of aryl methyl sites for hydroxylation is 1. The molecule has 4 heteroatoms. The highest BCUT2D eigenvalue weighted by Gasteiger charge is 2.01. The Morgan fingerprint density at radius 2 is 2.10 bits per heavy atom. The molecule has 1 aromatic heterocycles. The molecule has 0 aliphatic heterocycles. The van der Waals surface area contributed by atoms with Crippen molar-refractivity contribution in [2.75, 3.05) is 0 Å². The molecule has 10 heavy (non-hydrogen) atoms.